The number of amides is 1. The molecule has 30 heavy (non-hydrogen) atoms. The van der Waals surface area contributed by atoms with Crippen molar-refractivity contribution in [1.82, 2.24) is 10.2 Å². The number of carbonyl (C=O) groups is 2. The number of nitrogens with zero attached hydrogens (tertiary/aromatic N) is 1. The molecule has 0 rings (SSSR count). The van der Waals surface area contributed by atoms with Crippen LogP contribution in [0.4, 0.5) is 0 Å². The molecule has 0 fully saturated rings. The molecule has 6 heteroatoms. The smallest absolute Gasteiger partial charge is 0.323 e. The second kappa shape index (κ2) is 22.3. The number of rotatable bonds is 22. The van der Waals surface area contributed by atoms with Crippen LogP contribution in [-0.4, -0.2) is 59.8 Å². The lowest BCUT2D eigenvalue weighted by atomic mass is 10.1. The van der Waals surface area contributed by atoms with E-state index in [2.05, 4.69) is 24.4 Å². The van der Waals surface area contributed by atoms with Crippen molar-refractivity contribution in [1.29, 1.82) is 0 Å². The predicted octanol–water partition coefficient (Wildman–Crippen LogP) is 4.52. The van der Waals surface area contributed by atoms with Gasteiger partial charge in [-0.1, -0.05) is 70.4 Å². The Balaban J connectivity index is 3.64. The van der Waals surface area contributed by atoms with Gasteiger partial charge in [0.2, 0.25) is 5.91 Å². The fraction of sp³-hybridized carbons (Fsp3) is 0.833. The molecule has 0 bridgehead atoms. The molecule has 0 saturated heterocycles. The molecule has 0 aliphatic carbocycles. The van der Waals surface area contributed by atoms with E-state index in [0.717, 1.165) is 25.7 Å². The van der Waals surface area contributed by atoms with Crippen molar-refractivity contribution in [3.63, 3.8) is 0 Å². The number of aliphatic hydroxyl groups excluding tert-OH is 1. The van der Waals surface area contributed by atoms with Crippen LogP contribution in [0.15, 0.2) is 12.2 Å². The highest BCUT2D eigenvalue weighted by molar-refractivity contribution is 5.81. The summed E-state index contributed by atoms with van der Waals surface area (Å²) in [6.07, 6.45) is 20.8. The van der Waals surface area contributed by atoms with Gasteiger partial charge in [0.1, 0.15) is 6.54 Å². The SMILES string of the molecule is CCCCCCCCC=CCCCCCCCC(=O)N(CCNCCO)CC(=O)O. The van der Waals surface area contributed by atoms with Crippen LogP contribution >= 0.6 is 0 Å². The van der Waals surface area contributed by atoms with Crippen molar-refractivity contribution in [3.05, 3.63) is 12.2 Å². The lowest BCUT2D eigenvalue weighted by Crippen LogP contribution is -2.40. The van der Waals surface area contributed by atoms with E-state index >= 15 is 0 Å². The minimum Gasteiger partial charge on any atom is -0.480 e. The molecule has 0 atom stereocenters. The van der Waals surface area contributed by atoms with Gasteiger partial charge in [-0.15, -0.1) is 0 Å². The lowest BCUT2D eigenvalue weighted by Gasteiger charge is -2.21. The molecule has 3 N–H and O–H groups in total. The first-order valence-corrected chi connectivity index (χ1v) is 12.1. The first-order chi connectivity index (χ1) is 14.6. The van der Waals surface area contributed by atoms with Crippen molar-refractivity contribution in [3.8, 4) is 0 Å². The second-order valence-corrected chi connectivity index (χ2v) is 8.02. The Morgan fingerprint density at radius 3 is 1.97 bits per heavy atom. The average molecular weight is 427 g/mol. The topological polar surface area (TPSA) is 89.9 Å². The zero-order chi connectivity index (χ0) is 22.3. The molecule has 0 aromatic rings. The summed E-state index contributed by atoms with van der Waals surface area (Å²) in [6.45, 7) is 3.32. The van der Waals surface area contributed by atoms with Crippen LogP contribution in [0.3, 0.4) is 0 Å². The van der Waals surface area contributed by atoms with E-state index in [-0.39, 0.29) is 19.1 Å². The number of allylic oxidation sites excluding steroid dienone is 2. The zero-order valence-corrected chi connectivity index (χ0v) is 19.2. The molecule has 0 aromatic carbocycles. The maximum absolute atomic E-state index is 12.3. The average Bonchev–Trinajstić information content (AvgIpc) is 2.72. The second-order valence-electron chi connectivity index (χ2n) is 8.02. The van der Waals surface area contributed by atoms with Crippen LogP contribution in [0.2, 0.25) is 0 Å². The third-order valence-corrected chi connectivity index (χ3v) is 5.18. The molecule has 0 aromatic heterocycles. The van der Waals surface area contributed by atoms with E-state index < -0.39 is 5.97 Å². The summed E-state index contributed by atoms with van der Waals surface area (Å²) in [6, 6.07) is 0. The van der Waals surface area contributed by atoms with Gasteiger partial charge in [0.25, 0.3) is 0 Å². The molecule has 0 unspecified atom stereocenters. The van der Waals surface area contributed by atoms with E-state index in [1.165, 1.54) is 62.7 Å². The van der Waals surface area contributed by atoms with Gasteiger partial charge in [0.05, 0.1) is 6.61 Å². The number of aliphatic carboxylic acids is 1. The monoisotopic (exact) mass is 426 g/mol. The number of nitrogens with one attached hydrogen (secondary N) is 1. The number of carboxylic acid groups (broad SMARTS) is 1. The van der Waals surface area contributed by atoms with Crippen LogP contribution in [-0.2, 0) is 9.59 Å². The number of carboxylic acids is 1. The van der Waals surface area contributed by atoms with E-state index in [1.54, 1.807) is 0 Å². The van der Waals surface area contributed by atoms with Gasteiger partial charge in [-0.25, -0.2) is 0 Å². The van der Waals surface area contributed by atoms with Crippen LogP contribution in [0.5, 0.6) is 0 Å². The molecular formula is C24H46N2O4. The number of hydrogen-bond acceptors (Lipinski definition) is 4. The minimum atomic E-state index is -0.991. The van der Waals surface area contributed by atoms with Crippen LogP contribution in [0.25, 0.3) is 0 Å². The molecule has 0 saturated carbocycles. The van der Waals surface area contributed by atoms with E-state index in [1.807, 2.05) is 0 Å². The summed E-state index contributed by atoms with van der Waals surface area (Å²) < 4.78 is 0. The number of unbranched alkanes of at least 4 members (excludes halogenated alkanes) is 11. The number of carbonyl (C=O) groups excluding carboxylic acids is 1. The molecule has 6 nitrogen and oxygen atoms in total. The summed E-state index contributed by atoms with van der Waals surface area (Å²) >= 11 is 0. The van der Waals surface area contributed by atoms with Gasteiger partial charge in [0, 0.05) is 26.1 Å². The minimum absolute atomic E-state index is 0.0296. The molecule has 0 spiro atoms. The summed E-state index contributed by atoms with van der Waals surface area (Å²) in [7, 11) is 0. The largest absolute Gasteiger partial charge is 0.480 e. The van der Waals surface area contributed by atoms with E-state index in [9.17, 15) is 9.59 Å². The number of hydrogen-bond donors (Lipinski definition) is 3. The van der Waals surface area contributed by atoms with Crippen molar-refractivity contribution in [2.75, 3.05) is 32.8 Å². The molecule has 0 aliphatic rings. The van der Waals surface area contributed by atoms with Crippen LogP contribution in [0.1, 0.15) is 96.8 Å². The molecule has 0 heterocycles. The Morgan fingerprint density at radius 2 is 1.40 bits per heavy atom. The predicted molar refractivity (Wildman–Crippen MR) is 124 cm³/mol. The quantitative estimate of drug-likeness (QED) is 0.175. The molecule has 176 valence electrons. The number of aliphatic hydroxyl groups is 1. The fourth-order valence-electron chi connectivity index (χ4n) is 3.38. The van der Waals surface area contributed by atoms with Gasteiger partial charge < -0.3 is 20.4 Å². The third-order valence-electron chi connectivity index (χ3n) is 5.18. The van der Waals surface area contributed by atoms with Gasteiger partial charge >= 0.3 is 5.97 Å². The van der Waals surface area contributed by atoms with Crippen molar-refractivity contribution in [2.45, 2.75) is 96.8 Å². The summed E-state index contributed by atoms with van der Waals surface area (Å²) in [4.78, 5) is 24.6. The van der Waals surface area contributed by atoms with Crippen LogP contribution < -0.4 is 5.32 Å². The van der Waals surface area contributed by atoms with Gasteiger partial charge in [-0.05, 0) is 32.1 Å². The Hall–Kier alpha value is -1.40. The van der Waals surface area contributed by atoms with Gasteiger partial charge in [0.15, 0.2) is 0 Å². The van der Waals surface area contributed by atoms with Gasteiger partial charge in [-0.3, -0.25) is 9.59 Å². The Kier molecular flexibility index (Phi) is 21.2. The first kappa shape index (κ1) is 28.6. The normalized spacial score (nSPS) is 11.3. The van der Waals surface area contributed by atoms with Crippen LogP contribution in [0, 0.1) is 0 Å². The maximum Gasteiger partial charge on any atom is 0.323 e. The Morgan fingerprint density at radius 1 is 0.833 bits per heavy atom. The maximum atomic E-state index is 12.3. The first-order valence-electron chi connectivity index (χ1n) is 12.1. The Bertz CT molecular complexity index is 441. The highest BCUT2D eigenvalue weighted by atomic mass is 16.4. The van der Waals surface area contributed by atoms with E-state index in [0.29, 0.717) is 26.1 Å². The molecule has 1 amide bonds. The fourth-order valence-corrected chi connectivity index (χ4v) is 3.38. The molecule has 0 radical (unpaired) electrons. The van der Waals surface area contributed by atoms with Crippen molar-refractivity contribution < 1.29 is 19.8 Å². The standard InChI is InChI=1S/C24H46N2O4/c1-2-3-4-5-6-7-8-9-10-11-12-13-14-15-16-17-23(28)26(22-24(29)30)20-18-25-19-21-27/h9-10,25,27H,2-8,11-22H2,1H3,(H,29,30). The zero-order valence-electron chi connectivity index (χ0n) is 19.2. The lowest BCUT2D eigenvalue weighted by molar-refractivity contribution is -0.144. The third kappa shape index (κ3) is 19.9. The van der Waals surface area contributed by atoms with Gasteiger partial charge in [-0.2, -0.15) is 0 Å². The molecule has 0 aliphatic heterocycles. The highest BCUT2D eigenvalue weighted by Gasteiger charge is 2.15. The van der Waals surface area contributed by atoms with Crippen molar-refractivity contribution >= 4 is 11.9 Å². The summed E-state index contributed by atoms with van der Waals surface area (Å²) in [5, 5.41) is 20.7. The Labute approximate surface area is 184 Å². The van der Waals surface area contributed by atoms with Crippen molar-refractivity contribution in [2.24, 2.45) is 0 Å². The summed E-state index contributed by atoms with van der Waals surface area (Å²) in [5.74, 6) is -1.09. The summed E-state index contributed by atoms with van der Waals surface area (Å²) in [5.41, 5.74) is 0. The molecular weight excluding hydrogens is 380 g/mol. The highest BCUT2D eigenvalue weighted by Crippen LogP contribution is 2.10. The van der Waals surface area contributed by atoms with E-state index in [4.69, 9.17) is 10.2 Å².